The fourth-order valence-corrected chi connectivity index (χ4v) is 3.37. The average Bonchev–Trinajstić information content (AvgIpc) is 2.70. The Labute approximate surface area is 177 Å². The molecule has 2 rings (SSSR count). The van der Waals surface area contributed by atoms with E-state index in [-0.39, 0.29) is 25.6 Å². The normalized spacial score (nSPS) is 16.6. The molecule has 2 heterocycles. The van der Waals surface area contributed by atoms with E-state index in [9.17, 15) is 19.5 Å². The number of pyridine rings is 1. The van der Waals surface area contributed by atoms with Gasteiger partial charge in [-0.25, -0.2) is 14.8 Å². The number of ether oxygens (including phenoxy) is 1. The van der Waals surface area contributed by atoms with Crippen molar-refractivity contribution < 1.29 is 24.2 Å². The minimum Gasteiger partial charge on any atom is -0.443 e. The minimum absolute atomic E-state index is 0.133. The van der Waals surface area contributed by atoms with Crippen LogP contribution in [0.15, 0.2) is 18.3 Å². The summed E-state index contributed by atoms with van der Waals surface area (Å²) in [5.74, 6) is -0.242. The molecule has 1 saturated heterocycles. The maximum absolute atomic E-state index is 12.9. The highest BCUT2D eigenvalue weighted by atomic mass is 16.6. The molecular formula is C21H32N4O5. The number of aliphatic hydroxyl groups is 1. The van der Waals surface area contributed by atoms with Crippen LogP contribution in [0.4, 0.5) is 4.79 Å². The Morgan fingerprint density at radius 1 is 1.37 bits per heavy atom. The monoisotopic (exact) mass is 420 g/mol. The number of nitrogens with zero attached hydrogens (tertiary/aromatic N) is 3. The van der Waals surface area contributed by atoms with Gasteiger partial charge in [-0.1, -0.05) is 6.07 Å². The Morgan fingerprint density at radius 2 is 2.03 bits per heavy atom. The molecule has 0 atom stereocenters. The summed E-state index contributed by atoms with van der Waals surface area (Å²) in [6.07, 6.45) is 2.39. The van der Waals surface area contributed by atoms with E-state index in [1.54, 1.807) is 32.0 Å². The van der Waals surface area contributed by atoms with Gasteiger partial charge in [0.2, 0.25) is 5.91 Å². The van der Waals surface area contributed by atoms with Crippen molar-refractivity contribution in [3.63, 3.8) is 0 Å². The molecule has 30 heavy (non-hydrogen) atoms. The number of aldehydes is 1. The SMILES string of the molecule is Cc1cccnc1CNC(=O)C1(CO)CCN(N(CC=O)C(=O)OC(C)(C)C)CC1. The molecule has 1 aliphatic rings. The topological polar surface area (TPSA) is 112 Å². The predicted octanol–water partition coefficient (Wildman–Crippen LogP) is 1.43. The number of piperidine rings is 1. The van der Waals surface area contributed by atoms with Gasteiger partial charge in [0.05, 0.1) is 30.8 Å². The lowest BCUT2D eigenvalue weighted by atomic mass is 9.78. The summed E-state index contributed by atoms with van der Waals surface area (Å²) < 4.78 is 5.38. The number of hydrogen-bond donors (Lipinski definition) is 2. The van der Waals surface area contributed by atoms with Gasteiger partial charge >= 0.3 is 6.09 Å². The highest BCUT2D eigenvalue weighted by Crippen LogP contribution is 2.32. The molecule has 166 valence electrons. The number of hydrogen-bond acceptors (Lipinski definition) is 7. The molecular weight excluding hydrogens is 388 g/mol. The second kappa shape index (κ2) is 9.99. The molecule has 0 radical (unpaired) electrons. The zero-order chi connectivity index (χ0) is 22.4. The maximum atomic E-state index is 12.9. The molecule has 0 bridgehead atoms. The van der Waals surface area contributed by atoms with E-state index in [1.807, 2.05) is 19.1 Å². The highest BCUT2D eigenvalue weighted by molar-refractivity contribution is 5.83. The fourth-order valence-electron chi connectivity index (χ4n) is 3.37. The first kappa shape index (κ1) is 23.8. The van der Waals surface area contributed by atoms with Crippen LogP contribution >= 0.6 is 0 Å². The third-order valence-corrected chi connectivity index (χ3v) is 5.21. The van der Waals surface area contributed by atoms with Crippen LogP contribution in [0.25, 0.3) is 0 Å². The van der Waals surface area contributed by atoms with Crippen molar-refractivity contribution in [2.45, 2.75) is 52.7 Å². The summed E-state index contributed by atoms with van der Waals surface area (Å²) in [7, 11) is 0. The van der Waals surface area contributed by atoms with Crippen LogP contribution in [-0.2, 0) is 20.9 Å². The number of aliphatic hydroxyl groups excluding tert-OH is 1. The Hall–Kier alpha value is -2.52. The number of carbonyl (C=O) groups excluding carboxylic acids is 3. The molecule has 0 saturated carbocycles. The molecule has 0 aromatic carbocycles. The number of hydrazine groups is 1. The van der Waals surface area contributed by atoms with Gasteiger partial charge in [-0.05, 0) is 52.2 Å². The summed E-state index contributed by atoms with van der Waals surface area (Å²) in [6.45, 7) is 7.71. The zero-order valence-corrected chi connectivity index (χ0v) is 18.2. The maximum Gasteiger partial charge on any atom is 0.425 e. The van der Waals surface area contributed by atoms with Crippen molar-refractivity contribution in [1.82, 2.24) is 20.3 Å². The van der Waals surface area contributed by atoms with Crippen LogP contribution in [0.1, 0.15) is 44.9 Å². The van der Waals surface area contributed by atoms with Crippen LogP contribution in [0, 0.1) is 12.3 Å². The third-order valence-electron chi connectivity index (χ3n) is 5.21. The molecule has 0 spiro atoms. The van der Waals surface area contributed by atoms with Gasteiger partial charge in [0, 0.05) is 19.3 Å². The molecule has 2 amide bonds. The van der Waals surface area contributed by atoms with Gasteiger partial charge in [0.25, 0.3) is 0 Å². The van der Waals surface area contributed by atoms with E-state index in [4.69, 9.17) is 4.74 Å². The molecule has 1 aromatic heterocycles. The van der Waals surface area contributed by atoms with Crippen LogP contribution in [0.2, 0.25) is 0 Å². The summed E-state index contributed by atoms with van der Waals surface area (Å²) in [4.78, 5) is 40.7. The Bertz CT molecular complexity index is 754. The van der Waals surface area contributed by atoms with Gasteiger partial charge in [0.15, 0.2) is 0 Å². The lowest BCUT2D eigenvalue weighted by Crippen LogP contribution is -2.57. The molecule has 0 unspecified atom stereocenters. The number of rotatable bonds is 7. The first-order valence-electron chi connectivity index (χ1n) is 10.1. The second-order valence-corrected chi connectivity index (χ2v) is 8.57. The van der Waals surface area contributed by atoms with E-state index in [0.29, 0.717) is 32.2 Å². The summed E-state index contributed by atoms with van der Waals surface area (Å²) in [6, 6.07) is 3.76. The summed E-state index contributed by atoms with van der Waals surface area (Å²) >= 11 is 0. The standard InChI is InChI=1S/C21H32N4O5/c1-16-6-5-9-22-17(16)14-23-18(28)21(15-27)7-10-24(11-8-21)25(12-13-26)19(29)30-20(2,3)4/h5-6,9,13,27H,7-8,10-12,14-15H2,1-4H3,(H,23,28). The molecule has 9 nitrogen and oxygen atoms in total. The third kappa shape index (κ3) is 5.99. The zero-order valence-electron chi connectivity index (χ0n) is 18.2. The van der Waals surface area contributed by atoms with E-state index in [1.165, 1.54) is 5.01 Å². The highest BCUT2D eigenvalue weighted by Gasteiger charge is 2.43. The Balaban J connectivity index is 2.01. The Kier molecular flexibility index (Phi) is 7.91. The van der Waals surface area contributed by atoms with Gasteiger partial charge in [0.1, 0.15) is 11.9 Å². The molecule has 9 heteroatoms. The first-order valence-corrected chi connectivity index (χ1v) is 10.1. The average molecular weight is 421 g/mol. The number of nitrogens with one attached hydrogen (secondary N) is 1. The van der Waals surface area contributed by atoms with Crippen LogP contribution in [0.3, 0.4) is 0 Å². The van der Waals surface area contributed by atoms with E-state index in [0.717, 1.165) is 11.3 Å². The molecule has 0 aliphatic carbocycles. The van der Waals surface area contributed by atoms with Crippen molar-refractivity contribution in [3.8, 4) is 0 Å². The van der Waals surface area contributed by atoms with Crippen molar-refractivity contribution in [3.05, 3.63) is 29.6 Å². The first-order chi connectivity index (χ1) is 14.1. The van der Waals surface area contributed by atoms with Crippen molar-refractivity contribution in [1.29, 1.82) is 0 Å². The summed E-state index contributed by atoms with van der Waals surface area (Å²) in [5.41, 5.74) is 0.123. The van der Waals surface area contributed by atoms with Crippen molar-refractivity contribution >= 4 is 18.3 Å². The number of carbonyl (C=O) groups is 3. The predicted molar refractivity (Wildman–Crippen MR) is 110 cm³/mol. The number of aromatic nitrogens is 1. The van der Waals surface area contributed by atoms with Crippen LogP contribution < -0.4 is 5.32 Å². The minimum atomic E-state index is -0.944. The van der Waals surface area contributed by atoms with E-state index in [2.05, 4.69) is 10.3 Å². The van der Waals surface area contributed by atoms with Crippen molar-refractivity contribution in [2.75, 3.05) is 26.2 Å². The molecule has 2 N–H and O–H groups in total. The van der Waals surface area contributed by atoms with Gasteiger partial charge in [-0.15, -0.1) is 0 Å². The van der Waals surface area contributed by atoms with E-state index >= 15 is 0 Å². The number of amides is 2. The largest absolute Gasteiger partial charge is 0.443 e. The smallest absolute Gasteiger partial charge is 0.425 e. The van der Waals surface area contributed by atoms with Crippen molar-refractivity contribution in [2.24, 2.45) is 5.41 Å². The Morgan fingerprint density at radius 3 is 2.57 bits per heavy atom. The number of aryl methyl sites for hydroxylation is 1. The fraction of sp³-hybridized carbons (Fsp3) is 0.619. The molecule has 1 fully saturated rings. The van der Waals surface area contributed by atoms with Gasteiger partial charge in [-0.2, -0.15) is 0 Å². The quantitative estimate of drug-likeness (QED) is 0.642. The lowest BCUT2D eigenvalue weighted by Gasteiger charge is -2.43. The molecule has 1 aromatic rings. The summed E-state index contributed by atoms with van der Waals surface area (Å²) in [5, 5.41) is 15.8. The van der Waals surface area contributed by atoms with E-state index < -0.39 is 17.1 Å². The van der Waals surface area contributed by atoms with Gasteiger partial charge in [-0.3, -0.25) is 9.78 Å². The van der Waals surface area contributed by atoms with Crippen LogP contribution in [0.5, 0.6) is 0 Å². The second-order valence-electron chi connectivity index (χ2n) is 8.57. The lowest BCUT2D eigenvalue weighted by molar-refractivity contribution is -0.142. The van der Waals surface area contributed by atoms with Gasteiger partial charge < -0.3 is 20.0 Å². The molecule has 1 aliphatic heterocycles. The van der Waals surface area contributed by atoms with Crippen LogP contribution in [-0.4, -0.2) is 70.2 Å².